The van der Waals surface area contributed by atoms with Gasteiger partial charge in [0.25, 0.3) is 0 Å². The SMILES string of the molecule is CCOCCN1CCCC1COI. The maximum atomic E-state index is 5.34. The minimum Gasteiger partial charge on any atom is -0.380 e. The Morgan fingerprint density at radius 1 is 1.54 bits per heavy atom. The summed E-state index contributed by atoms with van der Waals surface area (Å²) in [6, 6.07) is 0.623. The molecule has 0 bridgehead atoms. The molecule has 1 rings (SSSR count). The molecular formula is C9H18INO2. The first kappa shape index (κ1) is 11.7. The average Bonchev–Trinajstić information content (AvgIpc) is 2.54. The van der Waals surface area contributed by atoms with Crippen LogP contribution in [0.25, 0.3) is 0 Å². The van der Waals surface area contributed by atoms with E-state index in [4.69, 9.17) is 7.80 Å². The quantitative estimate of drug-likeness (QED) is 0.552. The number of ether oxygens (including phenoxy) is 1. The van der Waals surface area contributed by atoms with E-state index >= 15 is 0 Å². The first-order valence-electron chi connectivity index (χ1n) is 4.93. The third-order valence-corrected chi connectivity index (χ3v) is 2.84. The van der Waals surface area contributed by atoms with Crippen molar-refractivity contribution < 1.29 is 7.80 Å². The van der Waals surface area contributed by atoms with Gasteiger partial charge in [-0.25, -0.2) is 0 Å². The second-order valence-electron chi connectivity index (χ2n) is 3.30. The zero-order valence-corrected chi connectivity index (χ0v) is 10.3. The molecule has 0 saturated carbocycles. The summed E-state index contributed by atoms with van der Waals surface area (Å²) in [5.74, 6) is 0. The summed E-state index contributed by atoms with van der Waals surface area (Å²) in [6.45, 7) is 6.83. The Hall–Kier alpha value is 0.610. The Morgan fingerprint density at radius 2 is 2.38 bits per heavy atom. The summed E-state index contributed by atoms with van der Waals surface area (Å²) in [7, 11) is 0. The Morgan fingerprint density at radius 3 is 3.08 bits per heavy atom. The third-order valence-electron chi connectivity index (χ3n) is 2.48. The average molecular weight is 299 g/mol. The van der Waals surface area contributed by atoms with Gasteiger partial charge in [0.05, 0.1) is 13.2 Å². The lowest BCUT2D eigenvalue weighted by molar-refractivity contribution is 0.101. The smallest absolute Gasteiger partial charge is 0.109 e. The highest BCUT2D eigenvalue weighted by Crippen LogP contribution is 2.17. The summed E-state index contributed by atoms with van der Waals surface area (Å²) in [6.07, 6.45) is 2.58. The first-order chi connectivity index (χ1) is 6.38. The molecule has 1 fully saturated rings. The maximum absolute atomic E-state index is 5.34. The second kappa shape index (κ2) is 6.98. The molecule has 1 atom stereocenters. The van der Waals surface area contributed by atoms with Crippen LogP contribution in [0.2, 0.25) is 0 Å². The maximum Gasteiger partial charge on any atom is 0.109 e. The van der Waals surface area contributed by atoms with E-state index in [2.05, 4.69) is 4.90 Å². The number of likely N-dealkylation sites (tertiary alicyclic amines) is 1. The summed E-state index contributed by atoms with van der Waals surface area (Å²) in [5, 5.41) is 0. The van der Waals surface area contributed by atoms with Gasteiger partial charge in [-0.3, -0.25) is 4.90 Å². The molecule has 4 heteroatoms. The highest BCUT2D eigenvalue weighted by atomic mass is 127. The van der Waals surface area contributed by atoms with Crippen LogP contribution in [0.3, 0.4) is 0 Å². The molecule has 0 aromatic rings. The van der Waals surface area contributed by atoms with Crippen molar-refractivity contribution >= 4 is 23.0 Å². The fourth-order valence-electron chi connectivity index (χ4n) is 1.78. The van der Waals surface area contributed by atoms with Crippen molar-refractivity contribution in [1.82, 2.24) is 4.90 Å². The summed E-state index contributed by atoms with van der Waals surface area (Å²) in [5.41, 5.74) is 0. The van der Waals surface area contributed by atoms with Crippen molar-refractivity contribution in [2.75, 3.05) is 32.9 Å². The number of hydrogen-bond acceptors (Lipinski definition) is 3. The van der Waals surface area contributed by atoms with Gasteiger partial charge in [-0.1, -0.05) is 0 Å². The molecule has 1 aliphatic heterocycles. The predicted octanol–water partition coefficient (Wildman–Crippen LogP) is 1.85. The number of halogens is 1. The van der Waals surface area contributed by atoms with Gasteiger partial charge in [0.1, 0.15) is 23.0 Å². The molecule has 1 unspecified atom stereocenters. The molecule has 1 saturated heterocycles. The minimum atomic E-state index is 0.623. The van der Waals surface area contributed by atoms with Crippen molar-refractivity contribution in [3.63, 3.8) is 0 Å². The molecule has 1 aliphatic rings. The van der Waals surface area contributed by atoms with Gasteiger partial charge < -0.3 is 7.80 Å². The van der Waals surface area contributed by atoms with Crippen LogP contribution in [0.1, 0.15) is 19.8 Å². The Balaban J connectivity index is 2.15. The lowest BCUT2D eigenvalue weighted by atomic mass is 10.2. The third kappa shape index (κ3) is 4.10. The number of nitrogens with zero attached hydrogens (tertiary/aromatic N) is 1. The van der Waals surface area contributed by atoms with Crippen LogP contribution < -0.4 is 0 Å². The topological polar surface area (TPSA) is 21.7 Å². The lowest BCUT2D eigenvalue weighted by Gasteiger charge is -2.22. The van der Waals surface area contributed by atoms with E-state index in [1.54, 1.807) is 0 Å². The van der Waals surface area contributed by atoms with Crippen LogP contribution in [0.15, 0.2) is 0 Å². The van der Waals surface area contributed by atoms with Crippen LogP contribution in [0.5, 0.6) is 0 Å². The van der Waals surface area contributed by atoms with Crippen molar-refractivity contribution in [3.8, 4) is 0 Å². The second-order valence-corrected chi connectivity index (χ2v) is 3.93. The van der Waals surface area contributed by atoms with E-state index in [1.165, 1.54) is 19.4 Å². The van der Waals surface area contributed by atoms with E-state index in [9.17, 15) is 0 Å². The van der Waals surface area contributed by atoms with E-state index in [1.807, 2.05) is 29.9 Å². The van der Waals surface area contributed by atoms with Gasteiger partial charge in [0.2, 0.25) is 0 Å². The van der Waals surface area contributed by atoms with Gasteiger partial charge >= 0.3 is 0 Å². The van der Waals surface area contributed by atoms with Gasteiger partial charge in [0.15, 0.2) is 0 Å². The summed E-state index contributed by atoms with van der Waals surface area (Å²) in [4.78, 5) is 2.47. The van der Waals surface area contributed by atoms with Crippen molar-refractivity contribution in [2.45, 2.75) is 25.8 Å². The lowest BCUT2D eigenvalue weighted by Crippen LogP contribution is -2.35. The number of hydrogen-bond donors (Lipinski definition) is 0. The fraction of sp³-hybridized carbons (Fsp3) is 1.00. The Labute approximate surface area is 94.5 Å². The Bertz CT molecular complexity index is 135. The monoisotopic (exact) mass is 299 g/mol. The summed E-state index contributed by atoms with van der Waals surface area (Å²) >= 11 is 1.97. The van der Waals surface area contributed by atoms with Crippen molar-refractivity contribution in [2.24, 2.45) is 0 Å². The van der Waals surface area contributed by atoms with E-state index in [-0.39, 0.29) is 0 Å². The van der Waals surface area contributed by atoms with Crippen LogP contribution in [-0.4, -0.2) is 43.9 Å². The van der Waals surface area contributed by atoms with Gasteiger partial charge in [-0.15, -0.1) is 0 Å². The Kier molecular flexibility index (Phi) is 6.27. The van der Waals surface area contributed by atoms with Crippen LogP contribution in [0.4, 0.5) is 0 Å². The number of rotatable bonds is 6. The zero-order valence-electron chi connectivity index (χ0n) is 8.17. The van der Waals surface area contributed by atoms with Gasteiger partial charge in [-0.2, -0.15) is 0 Å². The molecule has 0 aliphatic carbocycles. The molecular weight excluding hydrogens is 281 g/mol. The van der Waals surface area contributed by atoms with Crippen LogP contribution >= 0.6 is 23.0 Å². The molecule has 0 aromatic carbocycles. The first-order valence-corrected chi connectivity index (χ1v) is 5.82. The molecule has 0 amide bonds. The van der Waals surface area contributed by atoms with Crippen molar-refractivity contribution in [3.05, 3.63) is 0 Å². The molecule has 78 valence electrons. The van der Waals surface area contributed by atoms with Gasteiger partial charge in [-0.05, 0) is 26.3 Å². The fourth-order valence-corrected chi connectivity index (χ4v) is 2.19. The molecule has 3 nitrogen and oxygen atoms in total. The largest absolute Gasteiger partial charge is 0.380 e. The van der Waals surface area contributed by atoms with Crippen molar-refractivity contribution in [1.29, 1.82) is 0 Å². The zero-order chi connectivity index (χ0) is 9.52. The van der Waals surface area contributed by atoms with Crippen LogP contribution in [0, 0.1) is 0 Å². The highest BCUT2D eigenvalue weighted by Gasteiger charge is 2.23. The molecule has 13 heavy (non-hydrogen) atoms. The predicted molar refractivity (Wildman–Crippen MR) is 61.1 cm³/mol. The molecule has 1 heterocycles. The van der Waals surface area contributed by atoms with E-state index in [0.29, 0.717) is 6.04 Å². The van der Waals surface area contributed by atoms with Gasteiger partial charge in [0, 0.05) is 19.2 Å². The standard InChI is InChI=1S/C9H18INO2/c1-2-12-7-6-11-5-3-4-9(11)8-13-10/h9H,2-8H2,1H3. The minimum absolute atomic E-state index is 0.623. The molecule has 0 aromatic heterocycles. The molecule has 0 N–H and O–H groups in total. The summed E-state index contributed by atoms with van der Waals surface area (Å²) < 4.78 is 10.5. The van der Waals surface area contributed by atoms with Crippen LogP contribution in [-0.2, 0) is 7.80 Å². The normalized spacial score (nSPS) is 24.0. The molecule has 0 spiro atoms. The van der Waals surface area contributed by atoms with E-state index < -0.39 is 0 Å². The highest BCUT2D eigenvalue weighted by molar-refractivity contribution is 14.1. The van der Waals surface area contributed by atoms with E-state index in [0.717, 1.165) is 26.4 Å². The molecule has 0 radical (unpaired) electrons.